The van der Waals surface area contributed by atoms with Crippen molar-refractivity contribution in [2.24, 2.45) is 0 Å². The number of hydrogen-bond donors (Lipinski definition) is 2. The molecule has 0 aromatic carbocycles. The van der Waals surface area contributed by atoms with E-state index in [1.807, 2.05) is 6.92 Å². The monoisotopic (exact) mass is 378 g/mol. The number of aliphatic hydroxyl groups excluding tert-OH is 1. The zero-order valence-electron chi connectivity index (χ0n) is 16.6. The van der Waals surface area contributed by atoms with Gasteiger partial charge in [-0.3, -0.25) is 4.55 Å². The maximum absolute atomic E-state index is 11.4. The Bertz CT molecular complexity index is 381. The van der Waals surface area contributed by atoms with Crippen molar-refractivity contribution >= 4 is 10.1 Å². The maximum Gasteiger partial charge on any atom is 0.267 e. The number of unbranched alkanes of at least 4 members (excludes halogenated alkanes) is 11. The molecule has 0 saturated carbocycles. The molecule has 0 heterocycles. The van der Waals surface area contributed by atoms with Crippen LogP contribution in [0.15, 0.2) is 0 Å². The Morgan fingerprint density at radius 1 is 0.680 bits per heavy atom. The van der Waals surface area contributed by atoms with Gasteiger partial charge in [-0.25, -0.2) is 0 Å². The molecule has 4 nitrogen and oxygen atoms in total. The molecule has 0 spiro atoms. The van der Waals surface area contributed by atoms with Crippen LogP contribution in [-0.4, -0.2) is 29.4 Å². The van der Waals surface area contributed by atoms with Crippen LogP contribution in [0.5, 0.6) is 0 Å². The molecule has 5 heteroatoms. The Hall–Kier alpha value is -0.130. The standard InChI is InChI=1S/C20H42O4S/c1-3-5-6-7-8-9-10-11-12-13-14-15-16-20(25(22,23)24)18-17-19(21)4-2/h19-21H,3-18H2,1-2H3,(H,22,23,24). The van der Waals surface area contributed by atoms with Crippen LogP contribution in [0.1, 0.15) is 117 Å². The molecule has 2 atom stereocenters. The maximum atomic E-state index is 11.4. The molecule has 0 aliphatic rings. The third kappa shape index (κ3) is 15.8. The second-order valence-corrected chi connectivity index (χ2v) is 9.15. The van der Waals surface area contributed by atoms with E-state index in [0.717, 1.165) is 19.3 Å². The summed E-state index contributed by atoms with van der Waals surface area (Å²) in [6, 6.07) is 0. The van der Waals surface area contributed by atoms with Gasteiger partial charge in [0.05, 0.1) is 11.4 Å². The second kappa shape index (κ2) is 16.1. The minimum absolute atomic E-state index is 0.353. The molecular weight excluding hydrogens is 336 g/mol. The predicted octanol–water partition coefficient (Wildman–Crippen LogP) is 5.89. The summed E-state index contributed by atoms with van der Waals surface area (Å²) in [5.74, 6) is 0. The number of rotatable bonds is 18. The van der Waals surface area contributed by atoms with E-state index in [1.54, 1.807) is 0 Å². The first-order valence-corrected chi connectivity index (χ1v) is 12.1. The molecule has 0 rings (SSSR count). The summed E-state index contributed by atoms with van der Waals surface area (Å²) in [5, 5.41) is 8.86. The van der Waals surface area contributed by atoms with E-state index >= 15 is 0 Å². The van der Waals surface area contributed by atoms with Gasteiger partial charge in [-0.2, -0.15) is 8.42 Å². The summed E-state index contributed by atoms with van der Waals surface area (Å²) in [5.41, 5.74) is 0. The SMILES string of the molecule is CCCCCCCCCCCCCCC(CCC(O)CC)S(=O)(=O)O. The van der Waals surface area contributed by atoms with Crippen molar-refractivity contribution in [1.82, 2.24) is 0 Å². The van der Waals surface area contributed by atoms with E-state index in [2.05, 4.69) is 6.92 Å². The van der Waals surface area contributed by atoms with Crippen LogP contribution in [0.4, 0.5) is 0 Å². The third-order valence-corrected chi connectivity index (χ3v) is 6.41. The minimum atomic E-state index is -3.99. The van der Waals surface area contributed by atoms with E-state index in [9.17, 15) is 18.1 Å². The number of hydrogen-bond acceptors (Lipinski definition) is 3. The van der Waals surface area contributed by atoms with Crippen molar-refractivity contribution in [3.63, 3.8) is 0 Å². The van der Waals surface area contributed by atoms with Crippen molar-refractivity contribution < 1.29 is 18.1 Å². The van der Waals surface area contributed by atoms with Gasteiger partial charge < -0.3 is 5.11 Å². The van der Waals surface area contributed by atoms with Crippen LogP contribution in [0.25, 0.3) is 0 Å². The molecule has 0 saturated heterocycles. The fourth-order valence-corrected chi connectivity index (χ4v) is 4.14. The molecule has 0 bridgehead atoms. The number of aliphatic hydroxyl groups is 1. The molecule has 2 N–H and O–H groups in total. The van der Waals surface area contributed by atoms with Crippen molar-refractivity contribution in [1.29, 1.82) is 0 Å². The van der Waals surface area contributed by atoms with Gasteiger partial charge in [0.15, 0.2) is 0 Å². The Morgan fingerprint density at radius 3 is 1.52 bits per heavy atom. The van der Waals surface area contributed by atoms with Crippen molar-refractivity contribution in [2.45, 2.75) is 128 Å². The van der Waals surface area contributed by atoms with E-state index < -0.39 is 21.5 Å². The highest BCUT2D eigenvalue weighted by Gasteiger charge is 2.23. The average molecular weight is 379 g/mol. The first-order chi connectivity index (χ1) is 11.9. The van der Waals surface area contributed by atoms with Gasteiger partial charge >= 0.3 is 0 Å². The zero-order chi connectivity index (χ0) is 19.0. The lowest BCUT2D eigenvalue weighted by atomic mass is 10.0. The molecule has 152 valence electrons. The molecule has 0 amide bonds. The largest absolute Gasteiger partial charge is 0.393 e. The fraction of sp³-hybridized carbons (Fsp3) is 1.00. The fourth-order valence-electron chi connectivity index (χ4n) is 3.24. The van der Waals surface area contributed by atoms with E-state index in [1.165, 1.54) is 57.8 Å². The first kappa shape index (κ1) is 24.9. The van der Waals surface area contributed by atoms with Crippen LogP contribution in [0.3, 0.4) is 0 Å². The van der Waals surface area contributed by atoms with Crippen molar-refractivity contribution in [3.05, 3.63) is 0 Å². The van der Waals surface area contributed by atoms with Gasteiger partial charge in [-0.05, 0) is 25.7 Å². The summed E-state index contributed by atoms with van der Waals surface area (Å²) >= 11 is 0. The lowest BCUT2D eigenvalue weighted by Gasteiger charge is -2.15. The summed E-state index contributed by atoms with van der Waals surface area (Å²) in [7, 11) is -3.99. The summed E-state index contributed by atoms with van der Waals surface area (Å²) in [6.07, 6.45) is 16.4. The summed E-state index contributed by atoms with van der Waals surface area (Å²) < 4.78 is 32.2. The van der Waals surface area contributed by atoms with E-state index in [0.29, 0.717) is 25.7 Å². The molecule has 0 radical (unpaired) electrons. The minimum Gasteiger partial charge on any atom is -0.393 e. The zero-order valence-corrected chi connectivity index (χ0v) is 17.4. The van der Waals surface area contributed by atoms with Gasteiger partial charge in [-0.15, -0.1) is 0 Å². The van der Waals surface area contributed by atoms with Crippen LogP contribution >= 0.6 is 0 Å². The molecule has 0 aliphatic carbocycles. The quantitative estimate of drug-likeness (QED) is 0.230. The van der Waals surface area contributed by atoms with E-state index in [-0.39, 0.29) is 0 Å². The highest BCUT2D eigenvalue weighted by atomic mass is 32.2. The lowest BCUT2D eigenvalue weighted by Crippen LogP contribution is -2.22. The van der Waals surface area contributed by atoms with Gasteiger partial charge in [-0.1, -0.05) is 90.9 Å². The third-order valence-electron chi connectivity index (χ3n) is 5.09. The van der Waals surface area contributed by atoms with Crippen LogP contribution in [-0.2, 0) is 10.1 Å². The Kier molecular flexibility index (Phi) is 16.0. The second-order valence-electron chi connectivity index (χ2n) is 7.45. The van der Waals surface area contributed by atoms with Crippen molar-refractivity contribution in [3.8, 4) is 0 Å². The summed E-state index contributed by atoms with van der Waals surface area (Å²) in [4.78, 5) is 0. The first-order valence-electron chi connectivity index (χ1n) is 10.6. The summed E-state index contributed by atoms with van der Waals surface area (Å²) in [6.45, 7) is 4.12. The topological polar surface area (TPSA) is 74.6 Å². The molecule has 0 aromatic rings. The molecule has 0 fully saturated rings. The van der Waals surface area contributed by atoms with E-state index in [4.69, 9.17) is 0 Å². The molecule has 0 aromatic heterocycles. The lowest BCUT2D eigenvalue weighted by molar-refractivity contribution is 0.156. The predicted molar refractivity (Wildman–Crippen MR) is 107 cm³/mol. The Balaban J connectivity index is 3.62. The highest BCUT2D eigenvalue weighted by Crippen LogP contribution is 2.19. The average Bonchev–Trinajstić information content (AvgIpc) is 2.56. The Labute approximate surface area is 156 Å². The van der Waals surface area contributed by atoms with Gasteiger partial charge in [0, 0.05) is 0 Å². The molecule has 0 aliphatic heterocycles. The molecule has 25 heavy (non-hydrogen) atoms. The van der Waals surface area contributed by atoms with Crippen LogP contribution in [0.2, 0.25) is 0 Å². The van der Waals surface area contributed by atoms with Gasteiger partial charge in [0.1, 0.15) is 0 Å². The highest BCUT2D eigenvalue weighted by molar-refractivity contribution is 7.86. The molecular formula is C20H42O4S. The van der Waals surface area contributed by atoms with Gasteiger partial charge in [0.25, 0.3) is 10.1 Å². The normalized spacial score (nSPS) is 14.6. The van der Waals surface area contributed by atoms with Gasteiger partial charge in [0.2, 0.25) is 0 Å². The van der Waals surface area contributed by atoms with Crippen LogP contribution in [0, 0.1) is 0 Å². The van der Waals surface area contributed by atoms with Crippen LogP contribution < -0.4 is 0 Å². The smallest absolute Gasteiger partial charge is 0.267 e. The molecule has 2 unspecified atom stereocenters. The Morgan fingerprint density at radius 2 is 1.12 bits per heavy atom. The van der Waals surface area contributed by atoms with Crippen molar-refractivity contribution in [2.75, 3.05) is 0 Å².